The Bertz CT molecular complexity index is 636. The van der Waals surface area contributed by atoms with Gasteiger partial charge < -0.3 is 14.3 Å². The number of benzene rings is 1. The lowest BCUT2D eigenvalue weighted by molar-refractivity contribution is -0.154. The van der Waals surface area contributed by atoms with E-state index < -0.39 is 12.1 Å². The molecule has 1 aromatic carbocycles. The first-order valence-corrected chi connectivity index (χ1v) is 7.16. The number of rotatable bonds is 3. The molecule has 1 aliphatic heterocycles. The number of carbonyl (C=O) groups excluding carboxylic acids is 1. The van der Waals surface area contributed by atoms with Gasteiger partial charge in [0.1, 0.15) is 11.6 Å². The van der Waals surface area contributed by atoms with Crippen LogP contribution < -0.4 is 0 Å². The monoisotopic (exact) mass is 289 g/mol. The quantitative estimate of drug-likeness (QED) is 0.875. The number of nitrogens with zero attached hydrogens (tertiary/aromatic N) is 1. The van der Waals surface area contributed by atoms with Gasteiger partial charge in [0.05, 0.1) is 19.5 Å². The Balaban J connectivity index is 1.86. The number of ether oxygens (including phenoxy) is 1. The van der Waals surface area contributed by atoms with Crippen LogP contribution in [0.2, 0.25) is 0 Å². The summed E-state index contributed by atoms with van der Waals surface area (Å²) in [5.74, 6) is -0.380. The smallest absolute Gasteiger partial charge is 0.325 e. The molecule has 2 unspecified atom stereocenters. The zero-order valence-corrected chi connectivity index (χ0v) is 12.0. The van der Waals surface area contributed by atoms with Crippen molar-refractivity contribution in [1.29, 1.82) is 0 Å². The van der Waals surface area contributed by atoms with Crippen LogP contribution in [0.3, 0.4) is 0 Å². The van der Waals surface area contributed by atoms with E-state index in [1.165, 1.54) is 7.11 Å². The van der Waals surface area contributed by atoms with Crippen molar-refractivity contribution < 1.29 is 19.1 Å². The highest BCUT2D eigenvalue weighted by molar-refractivity contribution is 5.81. The number of aliphatic hydroxyl groups is 1. The molecule has 1 fully saturated rings. The molecule has 0 aliphatic carbocycles. The molecule has 2 aromatic rings. The molecule has 0 amide bonds. The number of para-hydroxylation sites is 1. The summed E-state index contributed by atoms with van der Waals surface area (Å²) in [6.07, 6.45) is 2.54. The van der Waals surface area contributed by atoms with E-state index in [-0.39, 0.29) is 5.97 Å². The van der Waals surface area contributed by atoms with Crippen molar-refractivity contribution in [3.05, 3.63) is 36.1 Å². The van der Waals surface area contributed by atoms with E-state index in [1.807, 2.05) is 29.2 Å². The zero-order chi connectivity index (χ0) is 14.8. The second-order valence-corrected chi connectivity index (χ2v) is 5.41. The molecule has 1 aliphatic rings. The lowest BCUT2D eigenvalue weighted by Crippen LogP contribution is -2.52. The van der Waals surface area contributed by atoms with Gasteiger partial charge in [-0.25, -0.2) is 0 Å². The first kappa shape index (κ1) is 14.1. The molecular formula is C16H19NO4. The molecular weight excluding hydrogens is 270 g/mol. The molecule has 2 heterocycles. The van der Waals surface area contributed by atoms with Crippen LogP contribution in [0.15, 0.2) is 34.9 Å². The van der Waals surface area contributed by atoms with Gasteiger partial charge in [0.25, 0.3) is 0 Å². The summed E-state index contributed by atoms with van der Waals surface area (Å²) in [5, 5.41) is 11.2. The standard InChI is InChI=1S/C16H19NO4/c1-20-16(19)15-13(18)6-4-8-17(15)9-11-10-21-14-7-3-2-5-12(11)14/h2-3,5,7,10,13,15,18H,4,6,8-9H2,1H3. The second kappa shape index (κ2) is 5.87. The van der Waals surface area contributed by atoms with Crippen molar-refractivity contribution in [3.8, 4) is 0 Å². The van der Waals surface area contributed by atoms with Gasteiger partial charge in [-0.05, 0) is 25.5 Å². The minimum atomic E-state index is -0.677. The van der Waals surface area contributed by atoms with Crippen molar-refractivity contribution in [2.24, 2.45) is 0 Å². The molecule has 112 valence electrons. The van der Waals surface area contributed by atoms with E-state index >= 15 is 0 Å². The highest BCUT2D eigenvalue weighted by Gasteiger charge is 2.36. The third kappa shape index (κ3) is 2.66. The van der Waals surface area contributed by atoms with E-state index in [9.17, 15) is 9.90 Å². The highest BCUT2D eigenvalue weighted by Crippen LogP contribution is 2.26. The molecule has 0 bridgehead atoms. The first-order chi connectivity index (χ1) is 10.2. The van der Waals surface area contributed by atoms with E-state index in [2.05, 4.69) is 0 Å². The average Bonchev–Trinajstić information content (AvgIpc) is 2.90. The van der Waals surface area contributed by atoms with Crippen LogP contribution in [0.25, 0.3) is 11.0 Å². The van der Waals surface area contributed by atoms with Crippen molar-refractivity contribution in [3.63, 3.8) is 0 Å². The van der Waals surface area contributed by atoms with Crippen LogP contribution in [0.4, 0.5) is 0 Å². The second-order valence-electron chi connectivity index (χ2n) is 5.41. The molecule has 0 spiro atoms. The summed E-state index contributed by atoms with van der Waals surface area (Å²) in [6.45, 7) is 1.32. The predicted octanol–water partition coefficient (Wildman–Crippen LogP) is 1.93. The summed E-state index contributed by atoms with van der Waals surface area (Å²) in [6, 6.07) is 7.21. The number of hydrogen-bond donors (Lipinski definition) is 1. The van der Waals surface area contributed by atoms with Crippen molar-refractivity contribution in [2.75, 3.05) is 13.7 Å². The minimum absolute atomic E-state index is 0.380. The molecule has 5 heteroatoms. The molecule has 2 atom stereocenters. The summed E-state index contributed by atoms with van der Waals surface area (Å²) in [7, 11) is 1.36. The van der Waals surface area contributed by atoms with Crippen molar-refractivity contribution in [1.82, 2.24) is 4.90 Å². The third-order valence-electron chi connectivity index (χ3n) is 4.08. The number of furan rings is 1. The summed E-state index contributed by atoms with van der Waals surface area (Å²) < 4.78 is 10.4. The summed E-state index contributed by atoms with van der Waals surface area (Å²) in [5.41, 5.74) is 1.85. The molecule has 1 N–H and O–H groups in total. The number of hydrogen-bond acceptors (Lipinski definition) is 5. The van der Waals surface area contributed by atoms with Gasteiger partial charge in [0.2, 0.25) is 0 Å². The van der Waals surface area contributed by atoms with Gasteiger partial charge in [0.15, 0.2) is 0 Å². The molecule has 1 saturated heterocycles. The maximum atomic E-state index is 11.9. The fourth-order valence-corrected chi connectivity index (χ4v) is 3.02. The van der Waals surface area contributed by atoms with Gasteiger partial charge in [-0.2, -0.15) is 0 Å². The Morgan fingerprint density at radius 3 is 3.10 bits per heavy atom. The predicted molar refractivity (Wildman–Crippen MR) is 77.7 cm³/mol. The number of piperidine rings is 1. The fraction of sp³-hybridized carbons (Fsp3) is 0.438. The molecule has 3 rings (SSSR count). The zero-order valence-electron chi connectivity index (χ0n) is 12.0. The van der Waals surface area contributed by atoms with Crippen LogP contribution in [0, 0.1) is 0 Å². The lowest BCUT2D eigenvalue weighted by Gasteiger charge is -2.36. The molecule has 5 nitrogen and oxygen atoms in total. The maximum Gasteiger partial charge on any atom is 0.325 e. The van der Waals surface area contributed by atoms with Gasteiger partial charge in [-0.15, -0.1) is 0 Å². The van der Waals surface area contributed by atoms with Gasteiger partial charge in [0, 0.05) is 17.5 Å². The Kier molecular flexibility index (Phi) is 3.94. The third-order valence-corrected chi connectivity index (χ3v) is 4.08. The molecule has 0 saturated carbocycles. The van der Waals surface area contributed by atoms with Gasteiger partial charge >= 0.3 is 5.97 Å². The molecule has 1 aromatic heterocycles. The van der Waals surface area contributed by atoms with Crippen molar-refractivity contribution in [2.45, 2.75) is 31.5 Å². The minimum Gasteiger partial charge on any atom is -0.468 e. The number of carbonyl (C=O) groups is 1. The largest absolute Gasteiger partial charge is 0.468 e. The van der Waals surface area contributed by atoms with E-state index in [0.29, 0.717) is 13.0 Å². The Labute approximate surface area is 123 Å². The van der Waals surface area contributed by atoms with Crippen LogP contribution in [-0.4, -0.2) is 41.8 Å². The number of aliphatic hydroxyl groups excluding tert-OH is 1. The van der Waals surface area contributed by atoms with E-state index in [0.717, 1.165) is 29.5 Å². The number of methoxy groups -OCH3 is 1. The number of likely N-dealkylation sites (tertiary alicyclic amines) is 1. The normalized spacial score (nSPS) is 23.3. The SMILES string of the molecule is COC(=O)C1C(O)CCCN1Cc1coc2ccccc12. The van der Waals surface area contributed by atoms with Crippen LogP contribution in [0.1, 0.15) is 18.4 Å². The lowest BCUT2D eigenvalue weighted by atomic mass is 9.98. The fourth-order valence-electron chi connectivity index (χ4n) is 3.02. The molecule has 0 radical (unpaired) electrons. The summed E-state index contributed by atoms with van der Waals surface area (Å²) in [4.78, 5) is 13.9. The summed E-state index contributed by atoms with van der Waals surface area (Å²) >= 11 is 0. The Morgan fingerprint density at radius 1 is 1.48 bits per heavy atom. The number of fused-ring (bicyclic) bond motifs is 1. The van der Waals surface area contributed by atoms with Crippen molar-refractivity contribution >= 4 is 16.9 Å². The van der Waals surface area contributed by atoms with Crippen LogP contribution in [0.5, 0.6) is 0 Å². The highest BCUT2D eigenvalue weighted by atomic mass is 16.5. The average molecular weight is 289 g/mol. The number of esters is 1. The first-order valence-electron chi connectivity index (χ1n) is 7.16. The van der Waals surface area contributed by atoms with Crippen LogP contribution >= 0.6 is 0 Å². The van der Waals surface area contributed by atoms with Gasteiger partial charge in [-0.1, -0.05) is 18.2 Å². The Hall–Kier alpha value is -1.85. The van der Waals surface area contributed by atoms with Gasteiger partial charge in [-0.3, -0.25) is 9.69 Å². The Morgan fingerprint density at radius 2 is 2.29 bits per heavy atom. The molecule has 21 heavy (non-hydrogen) atoms. The van der Waals surface area contributed by atoms with Crippen LogP contribution in [-0.2, 0) is 16.1 Å². The van der Waals surface area contributed by atoms with E-state index in [1.54, 1.807) is 6.26 Å². The topological polar surface area (TPSA) is 62.9 Å². The maximum absolute atomic E-state index is 11.9. The van der Waals surface area contributed by atoms with E-state index in [4.69, 9.17) is 9.15 Å².